The average molecular weight is 250 g/mol. The number of anilines is 1. The van der Waals surface area contributed by atoms with Crippen molar-refractivity contribution in [2.75, 3.05) is 31.5 Å². The lowest BCUT2D eigenvalue weighted by atomic mass is 9.96. The van der Waals surface area contributed by atoms with Crippen LogP contribution < -0.4 is 10.6 Å². The van der Waals surface area contributed by atoms with Crippen molar-refractivity contribution < 1.29 is 4.79 Å². The van der Waals surface area contributed by atoms with E-state index in [2.05, 4.69) is 34.4 Å². The molecule has 1 aliphatic heterocycles. The molecule has 1 aromatic heterocycles. The topological polar surface area (TPSA) is 60.2 Å². The van der Waals surface area contributed by atoms with Gasteiger partial charge in [-0.25, -0.2) is 0 Å². The van der Waals surface area contributed by atoms with E-state index in [0.717, 1.165) is 31.9 Å². The van der Waals surface area contributed by atoms with Crippen molar-refractivity contribution in [2.24, 2.45) is 0 Å². The minimum absolute atomic E-state index is 0.0677. The van der Waals surface area contributed by atoms with E-state index < -0.39 is 0 Å². The van der Waals surface area contributed by atoms with E-state index in [0.29, 0.717) is 6.42 Å². The second-order valence-corrected chi connectivity index (χ2v) is 5.37. The van der Waals surface area contributed by atoms with Gasteiger partial charge in [0.25, 0.3) is 0 Å². The first-order chi connectivity index (χ1) is 8.58. The highest BCUT2D eigenvalue weighted by Crippen LogP contribution is 2.20. The van der Waals surface area contributed by atoms with Crippen LogP contribution in [-0.4, -0.2) is 47.5 Å². The van der Waals surface area contributed by atoms with E-state index in [-0.39, 0.29) is 11.4 Å². The average Bonchev–Trinajstić information content (AvgIpc) is 2.82. The Bertz CT molecular complexity index is 380. The number of hydrogen-bond acceptors (Lipinski definition) is 3. The molecule has 0 radical (unpaired) electrons. The number of nitrogens with zero attached hydrogens (tertiary/aromatic N) is 1. The number of carbonyl (C=O) groups is 1. The van der Waals surface area contributed by atoms with Gasteiger partial charge in [-0.05, 0) is 19.9 Å². The third-order valence-electron chi connectivity index (χ3n) is 3.45. The van der Waals surface area contributed by atoms with E-state index in [9.17, 15) is 4.79 Å². The second kappa shape index (κ2) is 5.54. The molecule has 5 nitrogen and oxygen atoms in total. The molecule has 5 heteroatoms. The maximum atomic E-state index is 12.0. The summed E-state index contributed by atoms with van der Waals surface area (Å²) in [5.74, 6) is 0.0677. The molecule has 100 valence electrons. The Morgan fingerprint density at radius 1 is 1.44 bits per heavy atom. The summed E-state index contributed by atoms with van der Waals surface area (Å²) in [6.07, 6.45) is 4.10. The summed E-state index contributed by atoms with van der Waals surface area (Å²) >= 11 is 0. The number of carbonyl (C=O) groups excluding carboxylic acids is 1. The van der Waals surface area contributed by atoms with Gasteiger partial charge in [0.05, 0.1) is 5.69 Å². The summed E-state index contributed by atoms with van der Waals surface area (Å²) in [5.41, 5.74) is 0.735. The maximum absolute atomic E-state index is 12.0. The van der Waals surface area contributed by atoms with Crippen LogP contribution in [-0.2, 0) is 4.79 Å². The van der Waals surface area contributed by atoms with Gasteiger partial charge in [-0.3, -0.25) is 9.69 Å². The van der Waals surface area contributed by atoms with Gasteiger partial charge < -0.3 is 15.6 Å². The fourth-order valence-electron chi connectivity index (χ4n) is 2.38. The second-order valence-electron chi connectivity index (χ2n) is 5.37. The van der Waals surface area contributed by atoms with Crippen LogP contribution in [0.4, 0.5) is 5.69 Å². The SMILES string of the molecule is CC(C)(CC(=O)Nc1cc[nH]c1)N1CCNCC1. The van der Waals surface area contributed by atoms with Gasteiger partial charge in [0, 0.05) is 50.5 Å². The third-order valence-corrected chi connectivity index (χ3v) is 3.45. The lowest BCUT2D eigenvalue weighted by Crippen LogP contribution is -2.54. The van der Waals surface area contributed by atoms with Crippen molar-refractivity contribution in [1.29, 1.82) is 0 Å². The van der Waals surface area contributed by atoms with Crippen LogP contribution in [0.25, 0.3) is 0 Å². The van der Waals surface area contributed by atoms with E-state index in [4.69, 9.17) is 0 Å². The summed E-state index contributed by atoms with van der Waals surface area (Å²) < 4.78 is 0. The van der Waals surface area contributed by atoms with Crippen LogP contribution >= 0.6 is 0 Å². The van der Waals surface area contributed by atoms with Crippen molar-refractivity contribution in [3.05, 3.63) is 18.5 Å². The van der Waals surface area contributed by atoms with E-state index in [1.807, 2.05) is 6.07 Å². The first-order valence-electron chi connectivity index (χ1n) is 6.46. The van der Waals surface area contributed by atoms with Crippen LogP contribution in [0, 0.1) is 0 Å². The van der Waals surface area contributed by atoms with Crippen LogP contribution in [0.3, 0.4) is 0 Å². The number of piperazine rings is 1. The predicted octanol–water partition coefficient (Wildman–Crippen LogP) is 1.03. The highest BCUT2D eigenvalue weighted by Gasteiger charge is 2.30. The minimum Gasteiger partial charge on any atom is -0.366 e. The Labute approximate surface area is 108 Å². The lowest BCUT2D eigenvalue weighted by Gasteiger charge is -2.40. The minimum atomic E-state index is -0.0948. The Morgan fingerprint density at radius 2 is 2.17 bits per heavy atom. The predicted molar refractivity (Wildman–Crippen MR) is 72.6 cm³/mol. The Hall–Kier alpha value is -1.33. The number of amides is 1. The van der Waals surface area contributed by atoms with Gasteiger partial charge in [-0.2, -0.15) is 0 Å². The molecule has 2 rings (SSSR count). The van der Waals surface area contributed by atoms with Crippen molar-refractivity contribution in [1.82, 2.24) is 15.2 Å². The Balaban J connectivity index is 1.88. The standard InChI is InChI=1S/C13H22N4O/c1-13(2,17-7-5-14-6-8-17)9-12(18)16-11-3-4-15-10-11/h3-4,10,14-15H,5-9H2,1-2H3,(H,16,18). The molecule has 0 unspecified atom stereocenters. The molecule has 1 amide bonds. The molecule has 2 heterocycles. The van der Waals surface area contributed by atoms with Crippen LogP contribution in [0.2, 0.25) is 0 Å². The number of nitrogens with one attached hydrogen (secondary N) is 3. The van der Waals surface area contributed by atoms with Crippen LogP contribution in [0.15, 0.2) is 18.5 Å². The third kappa shape index (κ3) is 3.34. The maximum Gasteiger partial charge on any atom is 0.226 e. The number of aromatic amines is 1. The summed E-state index contributed by atoms with van der Waals surface area (Å²) in [7, 11) is 0. The number of aromatic nitrogens is 1. The highest BCUT2D eigenvalue weighted by molar-refractivity contribution is 5.91. The molecule has 1 fully saturated rings. The van der Waals surface area contributed by atoms with Crippen molar-refractivity contribution in [3.8, 4) is 0 Å². The normalized spacial score (nSPS) is 17.7. The van der Waals surface area contributed by atoms with E-state index in [1.165, 1.54) is 0 Å². The molecule has 1 aromatic rings. The number of hydrogen-bond donors (Lipinski definition) is 3. The van der Waals surface area contributed by atoms with Gasteiger partial charge >= 0.3 is 0 Å². The van der Waals surface area contributed by atoms with Crippen molar-refractivity contribution >= 4 is 11.6 Å². The van der Waals surface area contributed by atoms with Gasteiger partial charge in [-0.1, -0.05) is 0 Å². The van der Waals surface area contributed by atoms with Crippen LogP contribution in [0.1, 0.15) is 20.3 Å². The summed E-state index contributed by atoms with van der Waals surface area (Å²) in [4.78, 5) is 17.3. The van der Waals surface area contributed by atoms with Crippen molar-refractivity contribution in [3.63, 3.8) is 0 Å². The fourth-order valence-corrected chi connectivity index (χ4v) is 2.38. The Kier molecular flexibility index (Phi) is 4.04. The molecule has 3 N–H and O–H groups in total. The molecule has 1 saturated heterocycles. The zero-order valence-electron chi connectivity index (χ0n) is 11.1. The molecular weight excluding hydrogens is 228 g/mol. The number of rotatable bonds is 4. The van der Waals surface area contributed by atoms with Gasteiger partial charge in [0.1, 0.15) is 0 Å². The van der Waals surface area contributed by atoms with E-state index in [1.54, 1.807) is 12.4 Å². The summed E-state index contributed by atoms with van der Waals surface area (Å²) in [6, 6.07) is 1.86. The summed E-state index contributed by atoms with van der Waals surface area (Å²) in [6.45, 7) is 8.28. The monoisotopic (exact) mass is 250 g/mol. The van der Waals surface area contributed by atoms with Gasteiger partial charge in [0.15, 0.2) is 0 Å². The first-order valence-corrected chi connectivity index (χ1v) is 6.46. The quantitative estimate of drug-likeness (QED) is 0.748. The largest absolute Gasteiger partial charge is 0.366 e. The smallest absolute Gasteiger partial charge is 0.226 e. The lowest BCUT2D eigenvalue weighted by molar-refractivity contribution is -0.118. The molecule has 0 aliphatic carbocycles. The molecule has 0 aromatic carbocycles. The van der Waals surface area contributed by atoms with Crippen molar-refractivity contribution in [2.45, 2.75) is 25.8 Å². The van der Waals surface area contributed by atoms with E-state index >= 15 is 0 Å². The number of H-pyrrole nitrogens is 1. The molecule has 0 bridgehead atoms. The molecule has 0 spiro atoms. The molecule has 0 atom stereocenters. The zero-order chi connectivity index (χ0) is 13.0. The first kappa shape index (κ1) is 13.1. The fraction of sp³-hybridized carbons (Fsp3) is 0.615. The molecular formula is C13H22N4O. The van der Waals surface area contributed by atoms with Gasteiger partial charge in [-0.15, -0.1) is 0 Å². The Morgan fingerprint density at radius 3 is 2.78 bits per heavy atom. The summed E-state index contributed by atoms with van der Waals surface area (Å²) in [5, 5.41) is 6.23. The van der Waals surface area contributed by atoms with Gasteiger partial charge in [0.2, 0.25) is 5.91 Å². The highest BCUT2D eigenvalue weighted by atomic mass is 16.1. The molecule has 1 aliphatic rings. The zero-order valence-corrected chi connectivity index (χ0v) is 11.1. The molecule has 0 saturated carbocycles. The van der Waals surface area contributed by atoms with Crippen LogP contribution in [0.5, 0.6) is 0 Å². The molecule has 18 heavy (non-hydrogen) atoms.